The van der Waals surface area contributed by atoms with E-state index in [2.05, 4.69) is 22.8 Å². The standard InChI is InChI=1S/C25H25N3O4S/c29-23-22(33-24(28-23)27-21-14-16-9-10-17(21)13-16)11-12-31-25(30)26-18-5-4-8-20(15-18)32-19-6-2-1-3-7-19/h1-10,15-17,21-22H,11-14H2,(H,26,30)(H,27,28,29). The van der Waals surface area contributed by atoms with Crippen molar-refractivity contribution in [1.29, 1.82) is 0 Å². The predicted molar refractivity (Wildman–Crippen MR) is 129 cm³/mol. The highest BCUT2D eigenvalue weighted by molar-refractivity contribution is 8.15. The van der Waals surface area contributed by atoms with Gasteiger partial charge in [-0.1, -0.05) is 48.2 Å². The zero-order valence-electron chi connectivity index (χ0n) is 18.0. The molecule has 1 aliphatic heterocycles. The van der Waals surface area contributed by atoms with Gasteiger partial charge in [0.15, 0.2) is 5.17 Å². The summed E-state index contributed by atoms with van der Waals surface area (Å²) < 4.78 is 11.1. The first-order chi connectivity index (χ1) is 16.1. The minimum atomic E-state index is -0.571. The zero-order valence-corrected chi connectivity index (χ0v) is 18.8. The van der Waals surface area contributed by atoms with Gasteiger partial charge in [-0.3, -0.25) is 15.1 Å². The molecule has 0 aromatic heterocycles. The van der Waals surface area contributed by atoms with E-state index >= 15 is 0 Å². The van der Waals surface area contributed by atoms with Gasteiger partial charge in [-0.25, -0.2) is 4.79 Å². The van der Waals surface area contributed by atoms with Crippen molar-refractivity contribution in [3.05, 3.63) is 66.7 Å². The molecule has 4 unspecified atom stereocenters. The van der Waals surface area contributed by atoms with E-state index in [9.17, 15) is 9.59 Å². The molecule has 2 aromatic rings. The molecule has 1 saturated heterocycles. The van der Waals surface area contributed by atoms with Crippen LogP contribution in [-0.2, 0) is 9.53 Å². The first-order valence-electron chi connectivity index (χ1n) is 11.1. The number of anilines is 1. The number of amidine groups is 1. The normalized spacial score (nSPS) is 26.4. The second-order valence-corrected chi connectivity index (χ2v) is 9.56. The molecule has 0 radical (unpaired) electrons. The van der Waals surface area contributed by atoms with Crippen LogP contribution in [-0.4, -0.2) is 35.1 Å². The topological polar surface area (TPSA) is 89.0 Å². The van der Waals surface area contributed by atoms with Crippen LogP contribution >= 0.6 is 11.8 Å². The Balaban J connectivity index is 1.07. The van der Waals surface area contributed by atoms with Crippen LogP contribution < -0.4 is 15.4 Å². The molecule has 0 spiro atoms. The maximum Gasteiger partial charge on any atom is 0.411 e. The molecule has 2 amide bonds. The van der Waals surface area contributed by atoms with E-state index in [0.717, 1.165) is 6.42 Å². The van der Waals surface area contributed by atoms with Gasteiger partial charge in [0.05, 0.1) is 17.9 Å². The van der Waals surface area contributed by atoms with Crippen molar-refractivity contribution >= 4 is 34.6 Å². The van der Waals surface area contributed by atoms with Crippen molar-refractivity contribution in [3.63, 3.8) is 0 Å². The highest BCUT2D eigenvalue weighted by Crippen LogP contribution is 2.41. The van der Waals surface area contributed by atoms with Crippen LogP contribution in [0.3, 0.4) is 0 Å². The maximum absolute atomic E-state index is 12.3. The third-order valence-electron chi connectivity index (χ3n) is 5.98. The number of aliphatic imine (C=N–C) groups is 1. The summed E-state index contributed by atoms with van der Waals surface area (Å²) >= 11 is 1.43. The Morgan fingerprint density at radius 1 is 1.09 bits per heavy atom. The van der Waals surface area contributed by atoms with Crippen molar-refractivity contribution in [3.8, 4) is 11.5 Å². The highest BCUT2D eigenvalue weighted by Gasteiger charge is 2.37. The Kier molecular flexibility index (Phi) is 6.35. The molecule has 4 atom stereocenters. The lowest BCUT2D eigenvalue weighted by atomic mass is 10.0. The number of allylic oxidation sites excluding steroid dienone is 1. The number of thioether (sulfide) groups is 1. The fourth-order valence-corrected chi connectivity index (χ4v) is 5.39. The van der Waals surface area contributed by atoms with Crippen LogP contribution in [0.25, 0.3) is 0 Å². The number of hydrogen-bond acceptors (Lipinski definition) is 6. The number of nitrogens with one attached hydrogen (secondary N) is 2. The number of benzene rings is 2. The number of carbonyl (C=O) groups excluding carboxylic acids is 2. The second kappa shape index (κ2) is 9.70. The average Bonchev–Trinajstić information content (AvgIpc) is 3.51. The van der Waals surface area contributed by atoms with E-state index < -0.39 is 6.09 Å². The largest absolute Gasteiger partial charge is 0.457 e. The minimum absolute atomic E-state index is 0.0766. The number of para-hydroxylation sites is 1. The van der Waals surface area contributed by atoms with E-state index in [1.54, 1.807) is 18.2 Å². The van der Waals surface area contributed by atoms with Crippen LogP contribution in [0.4, 0.5) is 10.5 Å². The molecule has 2 aromatic carbocycles. The Bertz CT molecular complexity index is 1090. The Morgan fingerprint density at radius 2 is 1.94 bits per heavy atom. The molecular formula is C25H25N3O4S. The van der Waals surface area contributed by atoms with Gasteiger partial charge in [0.1, 0.15) is 11.5 Å². The summed E-state index contributed by atoms with van der Waals surface area (Å²) in [5.74, 6) is 2.38. The van der Waals surface area contributed by atoms with Crippen molar-refractivity contribution in [2.45, 2.75) is 30.6 Å². The molecule has 2 N–H and O–H groups in total. The van der Waals surface area contributed by atoms with Gasteiger partial charge >= 0.3 is 6.09 Å². The Hall–Kier alpha value is -3.26. The lowest BCUT2D eigenvalue weighted by Crippen LogP contribution is -2.27. The molecule has 33 heavy (non-hydrogen) atoms. The number of carbonyl (C=O) groups is 2. The first kappa shape index (κ1) is 21.6. The third kappa shape index (κ3) is 5.39. The summed E-state index contributed by atoms with van der Waals surface area (Å²) in [5, 5.41) is 5.97. The molecule has 5 rings (SSSR count). The summed E-state index contributed by atoms with van der Waals surface area (Å²) in [6.45, 7) is 0.140. The fraction of sp³-hybridized carbons (Fsp3) is 0.320. The fourth-order valence-electron chi connectivity index (χ4n) is 4.38. The summed E-state index contributed by atoms with van der Waals surface area (Å²) in [5.41, 5.74) is 0.566. The predicted octanol–water partition coefficient (Wildman–Crippen LogP) is 4.97. The van der Waals surface area contributed by atoms with Gasteiger partial charge in [0, 0.05) is 18.2 Å². The van der Waals surface area contributed by atoms with Gasteiger partial charge in [-0.2, -0.15) is 0 Å². The van der Waals surface area contributed by atoms with Crippen LogP contribution in [0.1, 0.15) is 19.3 Å². The van der Waals surface area contributed by atoms with Gasteiger partial charge < -0.3 is 14.8 Å². The molecule has 7 nitrogen and oxygen atoms in total. The van der Waals surface area contributed by atoms with Gasteiger partial charge in [-0.05, 0) is 48.9 Å². The van der Waals surface area contributed by atoms with Gasteiger partial charge in [0.25, 0.3) is 0 Å². The molecule has 2 aliphatic carbocycles. The van der Waals surface area contributed by atoms with E-state index in [0.29, 0.717) is 40.6 Å². The Morgan fingerprint density at radius 3 is 2.73 bits per heavy atom. The SMILES string of the molecule is O=C(Nc1cccc(Oc2ccccc2)c1)OCCC1SC(=NC2CC3C=CC2C3)NC1=O. The zero-order chi connectivity index (χ0) is 22.6. The Labute approximate surface area is 196 Å². The molecule has 8 heteroatoms. The smallest absolute Gasteiger partial charge is 0.411 e. The molecule has 2 fully saturated rings. The molecule has 1 heterocycles. The molecule has 3 aliphatic rings. The second-order valence-electron chi connectivity index (χ2n) is 8.37. The van der Waals surface area contributed by atoms with Crippen LogP contribution in [0.2, 0.25) is 0 Å². The van der Waals surface area contributed by atoms with Crippen LogP contribution in [0.5, 0.6) is 11.5 Å². The number of fused-ring (bicyclic) bond motifs is 2. The summed E-state index contributed by atoms with van der Waals surface area (Å²) in [6, 6.07) is 16.8. The van der Waals surface area contributed by atoms with Crippen molar-refractivity contribution in [2.24, 2.45) is 16.8 Å². The number of amides is 2. The number of nitrogens with zero attached hydrogens (tertiary/aromatic N) is 1. The summed E-state index contributed by atoms with van der Waals surface area (Å²) in [7, 11) is 0. The number of ether oxygens (including phenoxy) is 2. The maximum atomic E-state index is 12.3. The lowest BCUT2D eigenvalue weighted by Gasteiger charge is -2.13. The van der Waals surface area contributed by atoms with E-state index in [-0.39, 0.29) is 23.8 Å². The minimum Gasteiger partial charge on any atom is -0.457 e. The molecule has 1 saturated carbocycles. The number of rotatable bonds is 7. The van der Waals surface area contributed by atoms with Crippen LogP contribution in [0, 0.1) is 11.8 Å². The van der Waals surface area contributed by atoms with Crippen molar-refractivity contribution in [1.82, 2.24) is 5.32 Å². The summed E-state index contributed by atoms with van der Waals surface area (Å²) in [4.78, 5) is 29.2. The van der Waals surface area contributed by atoms with E-state index in [4.69, 9.17) is 14.5 Å². The van der Waals surface area contributed by atoms with E-state index in [1.807, 2.05) is 36.4 Å². The third-order valence-corrected chi connectivity index (χ3v) is 7.14. The average molecular weight is 464 g/mol. The first-order valence-corrected chi connectivity index (χ1v) is 12.0. The number of hydrogen-bond donors (Lipinski definition) is 2. The lowest BCUT2D eigenvalue weighted by molar-refractivity contribution is -0.119. The molecule has 2 bridgehead atoms. The van der Waals surface area contributed by atoms with Gasteiger partial charge in [0.2, 0.25) is 5.91 Å². The molecule has 170 valence electrons. The highest BCUT2D eigenvalue weighted by atomic mass is 32.2. The quantitative estimate of drug-likeness (QED) is 0.566. The summed E-state index contributed by atoms with van der Waals surface area (Å²) in [6.07, 6.45) is 6.62. The van der Waals surface area contributed by atoms with Crippen LogP contribution in [0.15, 0.2) is 71.7 Å². The van der Waals surface area contributed by atoms with Gasteiger partial charge in [-0.15, -0.1) is 0 Å². The molecular weight excluding hydrogens is 438 g/mol. The monoisotopic (exact) mass is 463 g/mol. The van der Waals surface area contributed by atoms with E-state index in [1.165, 1.54) is 18.2 Å². The van der Waals surface area contributed by atoms with Crippen molar-refractivity contribution in [2.75, 3.05) is 11.9 Å². The van der Waals surface area contributed by atoms with Crippen molar-refractivity contribution < 1.29 is 19.1 Å².